The summed E-state index contributed by atoms with van der Waals surface area (Å²) in [4.78, 5) is 28.6. The molecule has 0 spiro atoms. The fourth-order valence-electron chi connectivity index (χ4n) is 2.38. The van der Waals surface area contributed by atoms with Gasteiger partial charge in [-0.25, -0.2) is 9.78 Å². The van der Waals surface area contributed by atoms with Crippen LogP contribution in [0.25, 0.3) is 5.65 Å². The van der Waals surface area contributed by atoms with Gasteiger partial charge in [0.05, 0.1) is 0 Å². The Labute approximate surface area is 145 Å². The molecular formula is C19H19N3O3. The minimum Gasteiger partial charge on any atom is -0.448 e. The Kier molecular flexibility index (Phi) is 4.79. The van der Waals surface area contributed by atoms with E-state index in [-0.39, 0.29) is 11.6 Å². The van der Waals surface area contributed by atoms with Gasteiger partial charge in [0.1, 0.15) is 5.65 Å². The van der Waals surface area contributed by atoms with Crippen LogP contribution in [0.3, 0.4) is 0 Å². The molecule has 1 amide bonds. The summed E-state index contributed by atoms with van der Waals surface area (Å²) in [7, 11) is 0. The van der Waals surface area contributed by atoms with Gasteiger partial charge in [-0.2, -0.15) is 0 Å². The van der Waals surface area contributed by atoms with Crippen molar-refractivity contribution in [1.29, 1.82) is 0 Å². The number of rotatable bonds is 5. The van der Waals surface area contributed by atoms with E-state index in [2.05, 4.69) is 17.2 Å². The lowest BCUT2D eigenvalue weighted by Crippen LogP contribution is -2.30. The Hall–Kier alpha value is -3.15. The molecule has 2 aromatic heterocycles. The van der Waals surface area contributed by atoms with Gasteiger partial charge in [-0.15, -0.1) is 0 Å². The monoisotopic (exact) mass is 337 g/mol. The maximum atomic E-state index is 12.2. The number of carbonyl (C=O) groups is 2. The molecule has 1 aromatic carbocycles. The predicted octanol–water partition coefficient (Wildman–Crippen LogP) is 3.08. The van der Waals surface area contributed by atoms with Crippen molar-refractivity contribution in [3.8, 4) is 0 Å². The van der Waals surface area contributed by atoms with Crippen molar-refractivity contribution in [2.45, 2.75) is 26.4 Å². The molecular weight excluding hydrogens is 318 g/mol. The van der Waals surface area contributed by atoms with Crippen LogP contribution in [0.5, 0.6) is 0 Å². The molecule has 0 bridgehead atoms. The number of nitrogens with one attached hydrogen (secondary N) is 1. The van der Waals surface area contributed by atoms with Gasteiger partial charge >= 0.3 is 5.97 Å². The Bertz CT molecular complexity index is 867. The van der Waals surface area contributed by atoms with Crippen LogP contribution in [-0.2, 0) is 16.0 Å². The molecule has 6 nitrogen and oxygen atoms in total. The highest BCUT2D eigenvalue weighted by atomic mass is 16.5. The van der Waals surface area contributed by atoms with Gasteiger partial charge in [0.15, 0.2) is 11.8 Å². The zero-order valence-electron chi connectivity index (χ0n) is 14.1. The van der Waals surface area contributed by atoms with Gasteiger partial charge in [0.2, 0.25) is 0 Å². The second-order valence-corrected chi connectivity index (χ2v) is 5.68. The van der Waals surface area contributed by atoms with Gasteiger partial charge in [0, 0.05) is 18.1 Å². The van der Waals surface area contributed by atoms with E-state index in [1.807, 2.05) is 36.4 Å². The molecule has 6 heteroatoms. The van der Waals surface area contributed by atoms with E-state index in [4.69, 9.17) is 4.74 Å². The van der Waals surface area contributed by atoms with Crippen LogP contribution in [0.1, 0.15) is 29.9 Å². The smallest absolute Gasteiger partial charge is 0.359 e. The van der Waals surface area contributed by atoms with Crippen molar-refractivity contribution in [1.82, 2.24) is 9.38 Å². The fourth-order valence-corrected chi connectivity index (χ4v) is 2.38. The standard InChI is InChI=1S/C19H19N3O3/c1-3-14-7-9-15(10-8-14)20-18(23)13(2)25-19(24)16-12-22-11-5-4-6-17(22)21-16/h4-13H,3H2,1-2H3,(H,20,23)/t13-/m0/s1. The average Bonchev–Trinajstić information content (AvgIpc) is 3.06. The molecule has 0 saturated carbocycles. The minimum absolute atomic E-state index is 0.165. The quantitative estimate of drug-likeness (QED) is 0.726. The summed E-state index contributed by atoms with van der Waals surface area (Å²) >= 11 is 0. The number of fused-ring (bicyclic) bond motifs is 1. The van der Waals surface area contributed by atoms with E-state index >= 15 is 0 Å². The Balaban J connectivity index is 1.62. The third-order valence-electron chi connectivity index (χ3n) is 3.86. The highest BCUT2D eigenvalue weighted by molar-refractivity contribution is 5.96. The molecule has 0 saturated heterocycles. The number of benzene rings is 1. The fraction of sp³-hybridized carbons (Fsp3) is 0.211. The SMILES string of the molecule is CCc1ccc(NC(=O)[C@H](C)OC(=O)c2cn3ccccc3n2)cc1. The van der Waals surface area contributed by atoms with Crippen LogP contribution in [-0.4, -0.2) is 27.4 Å². The summed E-state index contributed by atoms with van der Waals surface area (Å²) in [6, 6.07) is 13.0. The normalized spacial score (nSPS) is 11.9. The van der Waals surface area contributed by atoms with Gasteiger partial charge in [-0.05, 0) is 43.2 Å². The summed E-state index contributed by atoms with van der Waals surface area (Å²) in [5, 5.41) is 2.73. The highest BCUT2D eigenvalue weighted by Crippen LogP contribution is 2.12. The number of nitrogens with zero attached hydrogens (tertiary/aromatic N) is 2. The molecule has 0 unspecified atom stereocenters. The Morgan fingerprint density at radius 1 is 1.20 bits per heavy atom. The molecule has 3 aromatic rings. The number of pyridine rings is 1. The van der Waals surface area contributed by atoms with E-state index in [1.54, 1.807) is 22.9 Å². The zero-order chi connectivity index (χ0) is 17.8. The van der Waals surface area contributed by atoms with E-state index in [1.165, 1.54) is 12.5 Å². The molecule has 0 radical (unpaired) electrons. The summed E-state index contributed by atoms with van der Waals surface area (Å²) in [6.45, 7) is 3.60. The zero-order valence-corrected chi connectivity index (χ0v) is 14.1. The van der Waals surface area contributed by atoms with Crippen LogP contribution >= 0.6 is 0 Å². The number of aryl methyl sites for hydroxylation is 1. The number of aromatic nitrogens is 2. The largest absolute Gasteiger partial charge is 0.448 e. The predicted molar refractivity (Wildman–Crippen MR) is 94.5 cm³/mol. The van der Waals surface area contributed by atoms with Crippen molar-refractivity contribution < 1.29 is 14.3 Å². The van der Waals surface area contributed by atoms with Gasteiger partial charge < -0.3 is 14.5 Å². The third-order valence-corrected chi connectivity index (χ3v) is 3.86. The van der Waals surface area contributed by atoms with E-state index < -0.39 is 12.1 Å². The van der Waals surface area contributed by atoms with Crippen LogP contribution in [0.4, 0.5) is 5.69 Å². The summed E-state index contributed by atoms with van der Waals surface area (Å²) in [5.74, 6) is -1.02. The van der Waals surface area contributed by atoms with Crippen molar-refractivity contribution in [2.24, 2.45) is 0 Å². The maximum Gasteiger partial charge on any atom is 0.359 e. The Morgan fingerprint density at radius 3 is 2.64 bits per heavy atom. The first-order chi connectivity index (χ1) is 12.1. The number of esters is 1. The number of hydrogen-bond acceptors (Lipinski definition) is 4. The van der Waals surface area contributed by atoms with Crippen LogP contribution < -0.4 is 5.32 Å². The summed E-state index contributed by atoms with van der Waals surface area (Å²) < 4.78 is 6.94. The number of hydrogen-bond donors (Lipinski definition) is 1. The summed E-state index contributed by atoms with van der Waals surface area (Å²) in [6.07, 6.45) is 3.37. The van der Waals surface area contributed by atoms with Crippen molar-refractivity contribution in [2.75, 3.05) is 5.32 Å². The van der Waals surface area contributed by atoms with Gasteiger partial charge in [-0.1, -0.05) is 25.1 Å². The van der Waals surface area contributed by atoms with Crippen molar-refractivity contribution in [3.63, 3.8) is 0 Å². The first-order valence-electron chi connectivity index (χ1n) is 8.11. The van der Waals surface area contributed by atoms with E-state index in [0.717, 1.165) is 6.42 Å². The van der Waals surface area contributed by atoms with E-state index in [9.17, 15) is 9.59 Å². The third kappa shape index (κ3) is 3.85. The van der Waals surface area contributed by atoms with Crippen molar-refractivity contribution in [3.05, 3.63) is 66.1 Å². The lowest BCUT2D eigenvalue weighted by atomic mass is 10.1. The first-order valence-corrected chi connectivity index (χ1v) is 8.11. The van der Waals surface area contributed by atoms with E-state index in [0.29, 0.717) is 11.3 Å². The molecule has 0 fully saturated rings. The highest BCUT2D eigenvalue weighted by Gasteiger charge is 2.21. The second kappa shape index (κ2) is 7.17. The summed E-state index contributed by atoms with van der Waals surface area (Å²) in [5.41, 5.74) is 2.66. The number of carbonyl (C=O) groups excluding carboxylic acids is 2. The molecule has 1 atom stereocenters. The molecule has 1 N–H and O–H groups in total. The number of imidazole rings is 1. The number of ether oxygens (including phenoxy) is 1. The molecule has 0 aliphatic carbocycles. The topological polar surface area (TPSA) is 72.7 Å². The molecule has 25 heavy (non-hydrogen) atoms. The van der Waals surface area contributed by atoms with Crippen LogP contribution in [0.2, 0.25) is 0 Å². The van der Waals surface area contributed by atoms with Crippen LogP contribution in [0, 0.1) is 0 Å². The number of anilines is 1. The average molecular weight is 337 g/mol. The molecule has 0 aliphatic heterocycles. The maximum absolute atomic E-state index is 12.2. The first kappa shape index (κ1) is 16.7. The number of amides is 1. The van der Waals surface area contributed by atoms with Gasteiger partial charge in [-0.3, -0.25) is 4.79 Å². The molecule has 3 rings (SSSR count). The lowest BCUT2D eigenvalue weighted by molar-refractivity contribution is -0.123. The second-order valence-electron chi connectivity index (χ2n) is 5.68. The lowest BCUT2D eigenvalue weighted by Gasteiger charge is -2.13. The van der Waals surface area contributed by atoms with Crippen LogP contribution in [0.15, 0.2) is 54.9 Å². The van der Waals surface area contributed by atoms with Crippen molar-refractivity contribution >= 4 is 23.2 Å². The molecule has 128 valence electrons. The molecule has 2 heterocycles. The minimum atomic E-state index is -0.928. The van der Waals surface area contributed by atoms with Gasteiger partial charge in [0.25, 0.3) is 5.91 Å². The molecule has 0 aliphatic rings. The Morgan fingerprint density at radius 2 is 1.96 bits per heavy atom.